The van der Waals surface area contributed by atoms with E-state index in [0.29, 0.717) is 18.6 Å². The van der Waals surface area contributed by atoms with Gasteiger partial charge in [-0.3, -0.25) is 14.4 Å². The summed E-state index contributed by atoms with van der Waals surface area (Å²) in [7, 11) is 4.26. The zero-order valence-electron chi connectivity index (χ0n) is 18.0. The van der Waals surface area contributed by atoms with Crippen molar-refractivity contribution in [2.24, 2.45) is 10.8 Å². The number of thioether (sulfide) groups is 1. The minimum absolute atomic E-state index is 0.0730. The van der Waals surface area contributed by atoms with Gasteiger partial charge in [0.05, 0.1) is 30.8 Å². The second kappa shape index (κ2) is 12.3. The van der Waals surface area contributed by atoms with E-state index in [4.69, 9.17) is 15.4 Å². The van der Waals surface area contributed by atoms with Gasteiger partial charge in [-0.1, -0.05) is 50.3 Å². The molecule has 0 aliphatic heterocycles. The van der Waals surface area contributed by atoms with Gasteiger partial charge >= 0.3 is 11.9 Å². The Kier molecular flexibility index (Phi) is 11.2. The monoisotopic (exact) mass is 484 g/mol. The number of ether oxygens (including phenoxy) is 2. The summed E-state index contributed by atoms with van der Waals surface area (Å²) in [6.45, 7) is 1.54. The molecule has 2 rings (SSSR count). The lowest BCUT2D eigenvalue weighted by molar-refractivity contribution is -0.154. The van der Waals surface area contributed by atoms with E-state index in [0.717, 1.165) is 44.9 Å². The van der Waals surface area contributed by atoms with Crippen molar-refractivity contribution in [3.8, 4) is 0 Å². The van der Waals surface area contributed by atoms with Gasteiger partial charge < -0.3 is 9.47 Å². The van der Waals surface area contributed by atoms with E-state index >= 15 is 0 Å². The summed E-state index contributed by atoms with van der Waals surface area (Å²) < 4.78 is 31.7. The molecule has 0 aromatic rings. The molecule has 0 bridgehead atoms. The van der Waals surface area contributed by atoms with Crippen LogP contribution in [0.5, 0.6) is 0 Å². The highest BCUT2D eigenvalue weighted by Crippen LogP contribution is 2.40. The number of rotatable bonds is 6. The van der Waals surface area contributed by atoms with E-state index in [1.807, 2.05) is 0 Å². The van der Waals surface area contributed by atoms with Crippen LogP contribution in [0.3, 0.4) is 0 Å². The molecule has 10 heteroatoms. The number of methoxy groups -OCH3 is 2. The molecule has 0 aromatic heterocycles. The molecule has 0 spiro atoms. The van der Waals surface area contributed by atoms with E-state index in [1.54, 1.807) is 6.92 Å². The Morgan fingerprint density at radius 3 is 1.60 bits per heavy atom. The molecule has 0 atom stereocenters. The lowest BCUT2D eigenvalue weighted by Gasteiger charge is -2.33. The SMILES string of the molecule is COC(=O)C1(CS(=O)(=O)Cl)CCCCC1.COC(=O)C1(CSC(C)=O)CCCCC1. The number of halogens is 1. The van der Waals surface area contributed by atoms with Crippen molar-refractivity contribution >= 4 is 48.5 Å². The van der Waals surface area contributed by atoms with E-state index in [2.05, 4.69) is 4.74 Å². The minimum Gasteiger partial charge on any atom is -0.469 e. The molecule has 0 amide bonds. The number of esters is 2. The van der Waals surface area contributed by atoms with Gasteiger partial charge in [0.25, 0.3) is 0 Å². The summed E-state index contributed by atoms with van der Waals surface area (Å²) >= 11 is 1.24. The van der Waals surface area contributed by atoms with Crippen LogP contribution in [0.1, 0.15) is 71.1 Å². The molecule has 2 aliphatic carbocycles. The average Bonchev–Trinajstić information content (AvgIpc) is 2.71. The first-order chi connectivity index (χ1) is 14.0. The highest BCUT2D eigenvalue weighted by molar-refractivity contribution is 8.14. The third kappa shape index (κ3) is 8.38. The van der Waals surface area contributed by atoms with Gasteiger partial charge in [0.15, 0.2) is 5.12 Å². The van der Waals surface area contributed by atoms with Crippen molar-refractivity contribution in [3.05, 3.63) is 0 Å². The van der Waals surface area contributed by atoms with Crippen molar-refractivity contribution in [1.29, 1.82) is 0 Å². The second-order valence-corrected chi connectivity index (χ2v) is 12.1. The number of carbonyl (C=O) groups is 3. The van der Waals surface area contributed by atoms with Crippen LogP contribution in [0.25, 0.3) is 0 Å². The normalized spacial score (nSPS) is 20.3. The van der Waals surface area contributed by atoms with Gasteiger partial charge in [-0.2, -0.15) is 0 Å². The van der Waals surface area contributed by atoms with Crippen molar-refractivity contribution in [2.75, 3.05) is 25.7 Å². The Hall–Kier alpha value is -0.800. The fourth-order valence-electron chi connectivity index (χ4n) is 4.27. The maximum Gasteiger partial charge on any atom is 0.312 e. The average molecular weight is 485 g/mol. The molecule has 0 heterocycles. The van der Waals surface area contributed by atoms with Gasteiger partial charge in [0.1, 0.15) is 0 Å². The highest BCUT2D eigenvalue weighted by atomic mass is 35.7. The molecular formula is C20H33ClO7S2. The summed E-state index contributed by atoms with van der Waals surface area (Å²) in [5, 5.41) is 0.0730. The first-order valence-corrected chi connectivity index (χ1v) is 13.7. The predicted molar refractivity (Wildman–Crippen MR) is 118 cm³/mol. The first kappa shape index (κ1) is 27.2. The summed E-state index contributed by atoms with van der Waals surface area (Å²) in [4.78, 5) is 34.3. The Morgan fingerprint density at radius 1 is 0.833 bits per heavy atom. The summed E-state index contributed by atoms with van der Waals surface area (Å²) in [6, 6.07) is 0. The molecule has 0 aromatic carbocycles. The Morgan fingerprint density at radius 2 is 1.23 bits per heavy atom. The van der Waals surface area contributed by atoms with E-state index in [-0.39, 0.29) is 16.8 Å². The van der Waals surface area contributed by atoms with Crippen LogP contribution in [-0.4, -0.2) is 51.2 Å². The van der Waals surface area contributed by atoms with E-state index < -0.39 is 25.9 Å². The molecular weight excluding hydrogens is 452 g/mol. The fraction of sp³-hybridized carbons (Fsp3) is 0.850. The molecule has 30 heavy (non-hydrogen) atoms. The number of hydrogen-bond acceptors (Lipinski definition) is 8. The summed E-state index contributed by atoms with van der Waals surface area (Å²) in [5.74, 6) is -0.328. The molecule has 0 radical (unpaired) electrons. The first-order valence-electron chi connectivity index (χ1n) is 10.2. The fourth-order valence-corrected chi connectivity index (χ4v) is 6.85. The van der Waals surface area contributed by atoms with Crippen molar-refractivity contribution < 1.29 is 32.3 Å². The summed E-state index contributed by atoms with van der Waals surface area (Å²) in [6.07, 6.45) is 8.85. The number of carbonyl (C=O) groups excluding carboxylic acids is 3. The zero-order valence-corrected chi connectivity index (χ0v) is 20.4. The van der Waals surface area contributed by atoms with Gasteiger partial charge in [-0.05, 0) is 25.7 Å². The summed E-state index contributed by atoms with van der Waals surface area (Å²) in [5.41, 5.74) is -1.31. The molecule has 2 aliphatic rings. The van der Waals surface area contributed by atoms with E-state index in [9.17, 15) is 22.8 Å². The van der Waals surface area contributed by atoms with Crippen molar-refractivity contribution in [3.63, 3.8) is 0 Å². The van der Waals surface area contributed by atoms with Crippen LogP contribution >= 0.6 is 22.4 Å². The van der Waals surface area contributed by atoms with Crippen molar-refractivity contribution in [2.45, 2.75) is 71.1 Å². The van der Waals surface area contributed by atoms with Crippen LogP contribution in [-0.2, 0) is 32.9 Å². The van der Waals surface area contributed by atoms with Crippen LogP contribution in [0.4, 0.5) is 0 Å². The van der Waals surface area contributed by atoms with Gasteiger partial charge in [0, 0.05) is 23.4 Å². The van der Waals surface area contributed by atoms with Crippen LogP contribution in [0.15, 0.2) is 0 Å². The van der Waals surface area contributed by atoms with Crippen LogP contribution in [0, 0.1) is 10.8 Å². The molecule has 0 N–H and O–H groups in total. The standard InChI is InChI=1S/C11H18O3S.C9H15ClO4S/c1-9(12)15-8-11(10(13)14-2)6-4-3-5-7-11;1-14-8(11)9(7-15(10,12)13)5-3-2-4-6-9/h3-8H2,1-2H3;2-7H2,1H3. The maximum atomic E-state index is 11.8. The van der Waals surface area contributed by atoms with Gasteiger partial charge in [-0.25, -0.2) is 8.42 Å². The Bertz CT molecular complexity index is 694. The Labute approximate surface area is 188 Å². The third-order valence-electron chi connectivity index (χ3n) is 5.86. The van der Waals surface area contributed by atoms with Gasteiger partial charge in [0.2, 0.25) is 9.05 Å². The highest BCUT2D eigenvalue weighted by Gasteiger charge is 2.44. The predicted octanol–water partition coefficient (Wildman–Crippen LogP) is 4.07. The molecule has 0 unspecified atom stereocenters. The van der Waals surface area contributed by atoms with Gasteiger partial charge in [-0.15, -0.1) is 0 Å². The third-order valence-corrected chi connectivity index (χ3v) is 8.19. The molecule has 7 nitrogen and oxygen atoms in total. The zero-order chi connectivity index (χ0) is 22.8. The lowest BCUT2D eigenvalue weighted by Crippen LogP contribution is -2.39. The minimum atomic E-state index is -3.67. The molecule has 0 saturated heterocycles. The smallest absolute Gasteiger partial charge is 0.312 e. The van der Waals surface area contributed by atoms with Crippen LogP contribution < -0.4 is 0 Å². The van der Waals surface area contributed by atoms with E-state index in [1.165, 1.54) is 32.4 Å². The topological polar surface area (TPSA) is 104 Å². The number of hydrogen-bond donors (Lipinski definition) is 0. The quantitative estimate of drug-likeness (QED) is 0.410. The largest absolute Gasteiger partial charge is 0.469 e. The van der Waals surface area contributed by atoms with Crippen molar-refractivity contribution in [1.82, 2.24) is 0 Å². The molecule has 2 saturated carbocycles. The second-order valence-electron chi connectivity index (χ2n) is 8.13. The molecule has 174 valence electrons. The lowest BCUT2D eigenvalue weighted by atomic mass is 9.75. The Balaban J connectivity index is 0.000000300. The molecule has 2 fully saturated rings. The van der Waals surface area contributed by atoms with Crippen LogP contribution in [0.2, 0.25) is 0 Å². The maximum absolute atomic E-state index is 11.8.